The molecule has 1 N–H and O–H groups in total. The van der Waals surface area contributed by atoms with Crippen LogP contribution in [0.1, 0.15) is 49.3 Å². The maximum Gasteiger partial charge on any atom is 0.352 e. The summed E-state index contributed by atoms with van der Waals surface area (Å²) in [7, 11) is 0. The maximum absolute atomic E-state index is 13.1. The normalized spacial score (nSPS) is 13.6. The molecule has 0 spiro atoms. The summed E-state index contributed by atoms with van der Waals surface area (Å²) in [5.41, 5.74) is 5.00. The van der Waals surface area contributed by atoms with E-state index in [1.165, 1.54) is 47.8 Å². The number of thiazole rings is 1. The molecule has 1 aromatic heterocycles. The molecular formula is C34H35N3O5S. The lowest BCUT2D eigenvalue weighted by Gasteiger charge is -2.27. The Hall–Kier alpha value is -4.68. The molecule has 43 heavy (non-hydrogen) atoms. The van der Waals surface area contributed by atoms with Gasteiger partial charge in [-0.15, -0.1) is 11.3 Å². The molecule has 8 nitrogen and oxygen atoms in total. The van der Waals surface area contributed by atoms with Gasteiger partial charge < -0.3 is 14.7 Å². The summed E-state index contributed by atoms with van der Waals surface area (Å²) in [5.74, 6) is -2.22. The molecule has 222 valence electrons. The fourth-order valence-corrected chi connectivity index (χ4v) is 6.17. The summed E-state index contributed by atoms with van der Waals surface area (Å²) in [4.78, 5) is 39.4. The highest BCUT2D eigenvalue weighted by molar-refractivity contribution is 7.07. The number of carboxylic acids is 1. The summed E-state index contributed by atoms with van der Waals surface area (Å²) in [5, 5.41) is 18.9. The first-order valence-electron chi connectivity index (χ1n) is 14.4. The minimum absolute atomic E-state index is 0.0627. The molecule has 4 rings (SSSR count). The summed E-state index contributed by atoms with van der Waals surface area (Å²) < 4.78 is 6.01. The molecule has 2 heterocycles. The van der Waals surface area contributed by atoms with Crippen LogP contribution in [0.3, 0.4) is 0 Å². The Kier molecular flexibility index (Phi) is 10.9. The lowest BCUT2D eigenvalue weighted by Crippen LogP contribution is -2.35. The Labute approximate surface area is 254 Å². The Balaban J connectivity index is 1.68. The van der Waals surface area contributed by atoms with E-state index in [1.807, 2.05) is 6.08 Å². The number of aryl methyl sites for hydroxylation is 2. The predicted molar refractivity (Wildman–Crippen MR) is 171 cm³/mol. The van der Waals surface area contributed by atoms with Gasteiger partial charge in [-0.1, -0.05) is 75.3 Å². The number of aliphatic carboxylic acids is 1. The summed E-state index contributed by atoms with van der Waals surface area (Å²) in [6.45, 7) is 5.83. The number of ether oxygens (including phenoxy) is 1. The van der Waals surface area contributed by atoms with E-state index in [9.17, 15) is 24.8 Å². The third-order valence-corrected chi connectivity index (χ3v) is 8.32. The smallest absolute Gasteiger partial charge is 0.352 e. The Morgan fingerprint density at radius 1 is 1.12 bits per heavy atom. The Morgan fingerprint density at radius 2 is 1.88 bits per heavy atom. The Bertz CT molecular complexity index is 1760. The van der Waals surface area contributed by atoms with Crippen LogP contribution >= 0.6 is 11.3 Å². The number of hydrogen-bond acceptors (Lipinski definition) is 7. The number of anilines is 2. The van der Waals surface area contributed by atoms with Crippen molar-refractivity contribution >= 4 is 52.4 Å². The van der Waals surface area contributed by atoms with Gasteiger partial charge in [0.2, 0.25) is 0 Å². The predicted octanol–water partition coefficient (Wildman–Crippen LogP) is 4.71. The number of benzene rings is 2. The molecule has 0 unspecified atom stereocenters. The third-order valence-electron chi connectivity index (χ3n) is 7.18. The number of nitrogens with zero attached hydrogens (tertiary/aromatic N) is 3. The van der Waals surface area contributed by atoms with E-state index in [2.05, 4.69) is 60.9 Å². The van der Waals surface area contributed by atoms with Gasteiger partial charge in [-0.05, 0) is 60.2 Å². The number of para-hydroxylation sites is 1. The number of unbranched alkanes of at least 4 members (excludes halogenated alkanes) is 3. The van der Waals surface area contributed by atoms with E-state index in [1.54, 1.807) is 18.2 Å². The number of carboxylic acid groups (broad SMARTS) is 1. The molecule has 0 saturated carbocycles. The first kappa shape index (κ1) is 31.3. The number of esters is 1. The van der Waals surface area contributed by atoms with Crippen LogP contribution in [0.15, 0.2) is 66.0 Å². The van der Waals surface area contributed by atoms with Gasteiger partial charge in [0.25, 0.3) is 5.56 Å². The standard InChI is InChI=1S/C34H35N3O5S/c1-3-5-6-9-19-36-28-13-8-7-12-25(28)16-17-26-21-24(15-18-29(26)36)11-10-14-30-32(40)37(23-31(38)39)33(43-30)27(22-35)34(41)42-20-4-2/h4,7-8,10-15,18,21H,2-3,5-6,9,16-17,19-20,23H2,1H3,(H,38,39)/b11-10+,30-14-,33-27+. The minimum atomic E-state index is -1.27. The summed E-state index contributed by atoms with van der Waals surface area (Å²) in [6, 6.07) is 16.7. The number of carbonyl (C=O) groups is 2. The van der Waals surface area contributed by atoms with Gasteiger partial charge in [-0.3, -0.25) is 14.2 Å². The van der Waals surface area contributed by atoms with Gasteiger partial charge in [0.1, 0.15) is 23.9 Å². The molecule has 2 aromatic carbocycles. The van der Waals surface area contributed by atoms with Crippen LogP contribution in [0.2, 0.25) is 0 Å². The van der Waals surface area contributed by atoms with Gasteiger partial charge >= 0.3 is 11.9 Å². The molecule has 1 aliphatic rings. The lowest BCUT2D eigenvalue weighted by molar-refractivity contribution is -0.138. The average Bonchev–Trinajstić information content (AvgIpc) is 3.20. The maximum atomic E-state index is 13.1. The number of hydrogen-bond donors (Lipinski definition) is 1. The van der Waals surface area contributed by atoms with Crippen molar-refractivity contribution in [3.63, 3.8) is 0 Å². The fraction of sp³-hybridized carbons (Fsp3) is 0.294. The molecule has 0 saturated heterocycles. The molecule has 0 amide bonds. The third kappa shape index (κ3) is 7.59. The van der Waals surface area contributed by atoms with Crippen molar-refractivity contribution in [3.8, 4) is 6.07 Å². The molecular weight excluding hydrogens is 562 g/mol. The zero-order valence-corrected chi connectivity index (χ0v) is 25.1. The number of aromatic nitrogens is 1. The van der Waals surface area contributed by atoms with Crippen molar-refractivity contribution in [2.75, 3.05) is 18.1 Å². The highest BCUT2D eigenvalue weighted by atomic mass is 32.1. The van der Waals surface area contributed by atoms with E-state index < -0.39 is 29.6 Å². The molecule has 0 radical (unpaired) electrons. The monoisotopic (exact) mass is 597 g/mol. The highest BCUT2D eigenvalue weighted by Crippen LogP contribution is 2.36. The van der Waals surface area contributed by atoms with Gasteiger partial charge in [0, 0.05) is 17.9 Å². The van der Waals surface area contributed by atoms with Crippen LogP contribution < -0.4 is 19.7 Å². The average molecular weight is 598 g/mol. The summed E-state index contributed by atoms with van der Waals surface area (Å²) >= 11 is 0.875. The van der Waals surface area contributed by atoms with Crippen LogP contribution in [0.25, 0.3) is 17.7 Å². The van der Waals surface area contributed by atoms with Crippen molar-refractivity contribution < 1.29 is 19.4 Å². The van der Waals surface area contributed by atoms with Crippen LogP contribution in [0.5, 0.6) is 0 Å². The number of allylic oxidation sites excluding steroid dienone is 1. The molecule has 0 aliphatic carbocycles. The zero-order valence-electron chi connectivity index (χ0n) is 24.3. The van der Waals surface area contributed by atoms with E-state index in [0.717, 1.165) is 47.3 Å². The van der Waals surface area contributed by atoms with Gasteiger partial charge in [0.15, 0.2) is 5.57 Å². The number of fused-ring (bicyclic) bond motifs is 2. The van der Waals surface area contributed by atoms with Gasteiger partial charge in [0.05, 0.1) is 4.53 Å². The largest absolute Gasteiger partial charge is 0.480 e. The lowest BCUT2D eigenvalue weighted by atomic mass is 10.0. The van der Waals surface area contributed by atoms with Crippen molar-refractivity contribution in [2.24, 2.45) is 0 Å². The van der Waals surface area contributed by atoms with Crippen molar-refractivity contribution in [1.29, 1.82) is 5.26 Å². The van der Waals surface area contributed by atoms with Crippen molar-refractivity contribution in [2.45, 2.75) is 52.0 Å². The molecule has 3 aromatic rings. The second-order valence-electron chi connectivity index (χ2n) is 10.2. The second-order valence-corrected chi connectivity index (χ2v) is 11.2. The SMILES string of the molecule is C=CCOC(=O)/C(C#N)=c1/s/c(=C\C=C\c2ccc3c(c2)CCc2ccccc2N3CCCCCC)c(=O)n1CC(=O)O. The Morgan fingerprint density at radius 3 is 2.63 bits per heavy atom. The molecule has 9 heteroatoms. The number of rotatable bonds is 12. The summed E-state index contributed by atoms with van der Waals surface area (Å²) in [6.07, 6.45) is 13.1. The number of carbonyl (C=O) groups excluding carboxylic acids is 1. The van der Waals surface area contributed by atoms with E-state index in [0.29, 0.717) is 0 Å². The van der Waals surface area contributed by atoms with E-state index in [4.69, 9.17) is 4.74 Å². The first-order valence-corrected chi connectivity index (χ1v) is 15.2. The topological polar surface area (TPSA) is 113 Å². The van der Waals surface area contributed by atoms with E-state index >= 15 is 0 Å². The minimum Gasteiger partial charge on any atom is -0.480 e. The fourth-order valence-electron chi connectivity index (χ4n) is 5.13. The van der Waals surface area contributed by atoms with Crippen molar-refractivity contribution in [3.05, 3.63) is 97.4 Å². The highest BCUT2D eigenvalue weighted by Gasteiger charge is 2.21. The molecule has 1 aliphatic heterocycles. The van der Waals surface area contributed by atoms with Crippen LogP contribution in [0.4, 0.5) is 11.4 Å². The molecule has 0 fully saturated rings. The number of nitriles is 1. The van der Waals surface area contributed by atoms with Crippen LogP contribution in [-0.4, -0.2) is 34.8 Å². The zero-order chi connectivity index (χ0) is 30.8. The molecule has 0 bridgehead atoms. The second kappa shape index (κ2) is 15.0. The quantitative estimate of drug-likeness (QED) is 0.183. The van der Waals surface area contributed by atoms with Gasteiger partial charge in [-0.2, -0.15) is 5.26 Å². The van der Waals surface area contributed by atoms with Crippen LogP contribution in [0, 0.1) is 11.3 Å². The van der Waals surface area contributed by atoms with E-state index in [-0.39, 0.29) is 15.8 Å². The van der Waals surface area contributed by atoms with Crippen molar-refractivity contribution in [1.82, 2.24) is 4.57 Å². The van der Waals surface area contributed by atoms with Crippen LogP contribution in [-0.2, 0) is 33.7 Å². The molecule has 0 atom stereocenters. The van der Waals surface area contributed by atoms with Gasteiger partial charge in [-0.25, -0.2) is 4.79 Å². The first-order chi connectivity index (χ1) is 20.9.